The Balaban J connectivity index is 2.09. The quantitative estimate of drug-likeness (QED) is 0.759. The standard InChI is InChI=1S/C17H19NO4/c1-21-11-3-4-12(16(8-11)22-2)17-13-9-15(20)14(19)7-10(13)5-6-18-17/h3-4,7-9,17-20H,5-6H2,1-2H3/t17-/m1/s1. The lowest BCUT2D eigenvalue weighted by molar-refractivity contribution is 0.385. The number of methoxy groups -OCH3 is 2. The minimum atomic E-state index is -0.111. The van der Waals surface area contributed by atoms with Crippen LogP contribution in [0.3, 0.4) is 0 Å². The predicted molar refractivity (Wildman–Crippen MR) is 82.9 cm³/mol. The van der Waals surface area contributed by atoms with Crippen LogP contribution in [0.5, 0.6) is 23.0 Å². The molecule has 0 saturated carbocycles. The first-order chi connectivity index (χ1) is 10.6. The minimum Gasteiger partial charge on any atom is -0.504 e. The van der Waals surface area contributed by atoms with E-state index in [0.717, 1.165) is 41.2 Å². The van der Waals surface area contributed by atoms with E-state index in [4.69, 9.17) is 9.47 Å². The normalized spacial score (nSPS) is 16.9. The van der Waals surface area contributed by atoms with E-state index in [2.05, 4.69) is 5.32 Å². The summed E-state index contributed by atoms with van der Waals surface area (Å²) in [4.78, 5) is 0. The fourth-order valence-electron chi connectivity index (χ4n) is 2.92. The van der Waals surface area contributed by atoms with Crippen molar-refractivity contribution >= 4 is 0 Å². The molecule has 1 atom stereocenters. The van der Waals surface area contributed by atoms with E-state index >= 15 is 0 Å². The van der Waals surface area contributed by atoms with Gasteiger partial charge in [0.2, 0.25) is 0 Å². The van der Waals surface area contributed by atoms with Crippen molar-refractivity contribution in [2.45, 2.75) is 12.5 Å². The average Bonchev–Trinajstić information content (AvgIpc) is 2.55. The largest absolute Gasteiger partial charge is 0.504 e. The van der Waals surface area contributed by atoms with Gasteiger partial charge in [0.15, 0.2) is 11.5 Å². The predicted octanol–water partition coefficient (Wildman–Crippen LogP) is 2.35. The van der Waals surface area contributed by atoms with Crippen molar-refractivity contribution in [1.29, 1.82) is 0 Å². The first kappa shape index (κ1) is 14.5. The summed E-state index contributed by atoms with van der Waals surface area (Å²) in [5, 5.41) is 22.9. The Morgan fingerprint density at radius 1 is 1.00 bits per heavy atom. The maximum atomic E-state index is 9.82. The second-order valence-corrected chi connectivity index (χ2v) is 5.28. The topological polar surface area (TPSA) is 71.0 Å². The Kier molecular flexibility index (Phi) is 3.81. The van der Waals surface area contributed by atoms with Crippen LogP contribution in [-0.2, 0) is 6.42 Å². The zero-order valence-electron chi connectivity index (χ0n) is 12.6. The molecule has 1 heterocycles. The van der Waals surface area contributed by atoms with Gasteiger partial charge < -0.3 is 25.0 Å². The summed E-state index contributed by atoms with van der Waals surface area (Å²) in [6, 6.07) is 8.82. The number of nitrogens with one attached hydrogen (secondary N) is 1. The molecule has 0 radical (unpaired) electrons. The monoisotopic (exact) mass is 301 g/mol. The van der Waals surface area contributed by atoms with Crippen LogP contribution >= 0.6 is 0 Å². The molecule has 2 aromatic rings. The fraction of sp³-hybridized carbons (Fsp3) is 0.294. The highest BCUT2D eigenvalue weighted by Crippen LogP contribution is 2.39. The van der Waals surface area contributed by atoms with Crippen molar-refractivity contribution in [3.05, 3.63) is 47.0 Å². The van der Waals surface area contributed by atoms with Gasteiger partial charge in [0.05, 0.1) is 20.3 Å². The molecule has 0 saturated heterocycles. The number of hydrogen-bond acceptors (Lipinski definition) is 5. The highest BCUT2D eigenvalue weighted by atomic mass is 16.5. The number of ether oxygens (including phenoxy) is 2. The Labute approximate surface area is 129 Å². The second-order valence-electron chi connectivity index (χ2n) is 5.28. The molecule has 0 aromatic heterocycles. The van der Waals surface area contributed by atoms with Crippen LogP contribution in [0.2, 0.25) is 0 Å². The molecule has 5 heteroatoms. The lowest BCUT2D eigenvalue weighted by Crippen LogP contribution is -2.30. The molecular weight excluding hydrogens is 282 g/mol. The molecule has 0 fully saturated rings. The van der Waals surface area contributed by atoms with Gasteiger partial charge in [-0.3, -0.25) is 0 Å². The van der Waals surface area contributed by atoms with Crippen molar-refractivity contribution in [2.24, 2.45) is 0 Å². The van der Waals surface area contributed by atoms with Crippen LogP contribution in [0.25, 0.3) is 0 Å². The summed E-state index contributed by atoms with van der Waals surface area (Å²) in [5.41, 5.74) is 2.94. The van der Waals surface area contributed by atoms with Crippen molar-refractivity contribution in [3.8, 4) is 23.0 Å². The Hall–Kier alpha value is -2.40. The molecule has 1 aliphatic heterocycles. The van der Waals surface area contributed by atoms with Gasteiger partial charge in [0.25, 0.3) is 0 Å². The van der Waals surface area contributed by atoms with E-state index in [9.17, 15) is 10.2 Å². The number of phenols is 2. The van der Waals surface area contributed by atoms with Gasteiger partial charge in [-0.2, -0.15) is 0 Å². The summed E-state index contributed by atoms with van der Waals surface area (Å²) < 4.78 is 10.7. The molecule has 0 spiro atoms. The van der Waals surface area contributed by atoms with Crippen molar-refractivity contribution in [3.63, 3.8) is 0 Å². The molecule has 22 heavy (non-hydrogen) atoms. The highest BCUT2D eigenvalue weighted by Gasteiger charge is 2.25. The summed E-state index contributed by atoms with van der Waals surface area (Å²) >= 11 is 0. The number of fused-ring (bicyclic) bond motifs is 1. The van der Waals surface area contributed by atoms with Gasteiger partial charge in [-0.25, -0.2) is 0 Å². The summed E-state index contributed by atoms with van der Waals surface area (Å²) in [7, 11) is 3.24. The molecule has 2 aromatic carbocycles. The third kappa shape index (κ3) is 2.44. The molecule has 1 aliphatic rings. The molecular formula is C17H19NO4. The van der Waals surface area contributed by atoms with Gasteiger partial charge in [-0.05, 0) is 41.8 Å². The van der Waals surface area contributed by atoms with Crippen LogP contribution in [0.15, 0.2) is 30.3 Å². The number of benzene rings is 2. The van der Waals surface area contributed by atoms with E-state index < -0.39 is 0 Å². The van der Waals surface area contributed by atoms with Gasteiger partial charge in [-0.15, -0.1) is 0 Å². The number of rotatable bonds is 3. The maximum Gasteiger partial charge on any atom is 0.157 e. The summed E-state index contributed by atoms with van der Waals surface area (Å²) in [5.74, 6) is 1.25. The van der Waals surface area contributed by atoms with Crippen LogP contribution in [0, 0.1) is 0 Å². The fourth-order valence-corrected chi connectivity index (χ4v) is 2.92. The van der Waals surface area contributed by atoms with Crippen LogP contribution in [-0.4, -0.2) is 31.0 Å². The highest BCUT2D eigenvalue weighted by molar-refractivity contribution is 5.53. The molecule has 5 nitrogen and oxygen atoms in total. The lowest BCUT2D eigenvalue weighted by Gasteiger charge is -2.29. The lowest BCUT2D eigenvalue weighted by atomic mass is 9.89. The smallest absolute Gasteiger partial charge is 0.157 e. The third-order valence-corrected chi connectivity index (χ3v) is 4.04. The van der Waals surface area contributed by atoms with E-state index in [1.807, 2.05) is 18.2 Å². The summed E-state index contributed by atoms with van der Waals surface area (Å²) in [6.07, 6.45) is 0.804. The first-order valence-corrected chi connectivity index (χ1v) is 7.14. The van der Waals surface area contributed by atoms with Crippen molar-refractivity contribution in [1.82, 2.24) is 5.32 Å². The van der Waals surface area contributed by atoms with E-state index in [1.165, 1.54) is 0 Å². The van der Waals surface area contributed by atoms with Crippen molar-refractivity contribution in [2.75, 3.05) is 20.8 Å². The van der Waals surface area contributed by atoms with E-state index in [1.54, 1.807) is 26.4 Å². The molecule has 3 rings (SSSR count). The summed E-state index contributed by atoms with van der Waals surface area (Å²) in [6.45, 7) is 0.789. The third-order valence-electron chi connectivity index (χ3n) is 4.04. The van der Waals surface area contributed by atoms with Crippen LogP contribution in [0.4, 0.5) is 0 Å². The molecule has 116 valence electrons. The molecule has 0 amide bonds. The number of phenolic OH excluding ortho intramolecular Hbond substituents is 2. The Morgan fingerprint density at radius 3 is 2.50 bits per heavy atom. The first-order valence-electron chi connectivity index (χ1n) is 7.14. The van der Waals surface area contributed by atoms with Crippen molar-refractivity contribution < 1.29 is 19.7 Å². The molecule has 0 unspecified atom stereocenters. The van der Waals surface area contributed by atoms with Crippen LogP contribution < -0.4 is 14.8 Å². The zero-order valence-corrected chi connectivity index (χ0v) is 12.6. The maximum absolute atomic E-state index is 9.82. The SMILES string of the molecule is COc1ccc([C@H]2NCCc3cc(O)c(O)cc32)c(OC)c1. The number of hydrogen-bond donors (Lipinski definition) is 3. The zero-order chi connectivity index (χ0) is 15.7. The van der Waals surface area contributed by atoms with Gasteiger partial charge in [-0.1, -0.05) is 0 Å². The van der Waals surface area contributed by atoms with Crippen LogP contribution in [0.1, 0.15) is 22.7 Å². The van der Waals surface area contributed by atoms with Gasteiger partial charge in [0.1, 0.15) is 11.5 Å². The number of aromatic hydroxyl groups is 2. The van der Waals surface area contributed by atoms with E-state index in [0.29, 0.717) is 0 Å². The Morgan fingerprint density at radius 2 is 1.77 bits per heavy atom. The van der Waals surface area contributed by atoms with E-state index in [-0.39, 0.29) is 17.5 Å². The van der Waals surface area contributed by atoms with Gasteiger partial charge in [0, 0.05) is 18.2 Å². The molecule has 3 N–H and O–H groups in total. The molecule has 0 bridgehead atoms. The second kappa shape index (κ2) is 5.77. The van der Waals surface area contributed by atoms with Gasteiger partial charge >= 0.3 is 0 Å². The average molecular weight is 301 g/mol. The minimum absolute atomic E-state index is 0.0823. The molecule has 0 aliphatic carbocycles. The Bertz CT molecular complexity index is 699.